The lowest BCUT2D eigenvalue weighted by atomic mass is 10.1. The summed E-state index contributed by atoms with van der Waals surface area (Å²) in [5.74, 6) is 0. The summed E-state index contributed by atoms with van der Waals surface area (Å²) in [6.45, 7) is -0.548. The number of aromatic nitrogens is 4. The summed E-state index contributed by atoms with van der Waals surface area (Å²) < 4.78 is 5.81. The van der Waals surface area contributed by atoms with Crippen molar-refractivity contribution in [2.75, 3.05) is 6.61 Å². The molecule has 1 aliphatic rings. The van der Waals surface area contributed by atoms with Gasteiger partial charge in [-0.05, 0) is 0 Å². The highest BCUT2D eigenvalue weighted by molar-refractivity contribution is 5.67. The van der Waals surface area contributed by atoms with Crippen molar-refractivity contribution in [1.29, 1.82) is 0 Å². The molecule has 10 heteroatoms. The van der Waals surface area contributed by atoms with Crippen LogP contribution in [0.4, 0.5) is 0 Å². The normalized spacial score (nSPS) is 30.1. The van der Waals surface area contributed by atoms with E-state index in [4.69, 9.17) is 9.84 Å². The molecule has 5 N–H and O–H groups in total. The van der Waals surface area contributed by atoms with Crippen molar-refractivity contribution in [2.45, 2.75) is 24.5 Å². The molecular formula is C10H12N4O6. The minimum atomic E-state index is -1.51. The number of imidazole rings is 1. The standard InChI is InChI=1S/C10H12N4O6/c15-1-3-5(16)6(17)9(20-3)14-8(18)4-7(12-2-11-4)13-10(14)19/h2-3,5-6,9,15-17H,1H2,(H,11,12)(H,13,19)/t3-,5-,6-,9?/m1/s1. The Labute approximate surface area is 110 Å². The number of hydrogen-bond acceptors (Lipinski definition) is 7. The van der Waals surface area contributed by atoms with Gasteiger partial charge in [0.15, 0.2) is 11.9 Å². The average Bonchev–Trinajstić information content (AvgIpc) is 2.98. The highest BCUT2D eigenvalue weighted by Crippen LogP contribution is 2.27. The summed E-state index contributed by atoms with van der Waals surface area (Å²) in [5, 5.41) is 28.5. The average molecular weight is 284 g/mol. The van der Waals surface area contributed by atoms with Gasteiger partial charge >= 0.3 is 5.69 Å². The van der Waals surface area contributed by atoms with E-state index in [1.54, 1.807) is 0 Å². The number of rotatable bonds is 2. The molecule has 108 valence electrons. The number of aliphatic hydroxyl groups excluding tert-OH is 3. The molecule has 3 heterocycles. The molecule has 1 fully saturated rings. The molecule has 20 heavy (non-hydrogen) atoms. The lowest BCUT2D eigenvalue weighted by Crippen LogP contribution is -2.42. The van der Waals surface area contributed by atoms with Crippen molar-refractivity contribution in [3.05, 3.63) is 27.2 Å². The zero-order chi connectivity index (χ0) is 14.4. The molecule has 10 nitrogen and oxygen atoms in total. The smallest absolute Gasteiger partial charge is 0.332 e. The maximum Gasteiger partial charge on any atom is 0.332 e. The van der Waals surface area contributed by atoms with Crippen LogP contribution in [-0.2, 0) is 4.74 Å². The molecule has 0 bridgehead atoms. The third-order valence-corrected chi connectivity index (χ3v) is 3.29. The molecule has 0 amide bonds. The first-order valence-electron chi connectivity index (χ1n) is 5.85. The first-order valence-corrected chi connectivity index (χ1v) is 5.85. The maximum atomic E-state index is 12.2. The Hall–Kier alpha value is -2.01. The Bertz CT molecular complexity index is 748. The fourth-order valence-corrected chi connectivity index (χ4v) is 2.25. The summed E-state index contributed by atoms with van der Waals surface area (Å²) in [6, 6.07) is 0. The summed E-state index contributed by atoms with van der Waals surface area (Å²) in [7, 11) is 0. The SMILES string of the molecule is O=c1[nH]c2nc[nH]c2c(=O)n1C1O[C@H](CO)[C@@H](O)[C@H]1O. The molecule has 2 aromatic rings. The van der Waals surface area contributed by atoms with Crippen LogP contribution < -0.4 is 11.2 Å². The van der Waals surface area contributed by atoms with Gasteiger partial charge in [-0.25, -0.2) is 14.3 Å². The number of aliphatic hydroxyl groups is 3. The summed E-state index contributed by atoms with van der Waals surface area (Å²) in [5.41, 5.74) is -1.44. The number of ether oxygens (including phenoxy) is 1. The quantitative estimate of drug-likeness (QED) is 0.394. The molecule has 0 radical (unpaired) electrons. The Morgan fingerprint density at radius 1 is 1.35 bits per heavy atom. The van der Waals surface area contributed by atoms with Crippen molar-refractivity contribution in [2.24, 2.45) is 0 Å². The first kappa shape index (κ1) is 13.0. The minimum absolute atomic E-state index is 0.0438. The van der Waals surface area contributed by atoms with Gasteiger partial charge in [-0.1, -0.05) is 0 Å². The molecule has 0 spiro atoms. The Balaban J connectivity index is 2.15. The van der Waals surface area contributed by atoms with Crippen molar-refractivity contribution in [1.82, 2.24) is 19.5 Å². The molecule has 0 aromatic carbocycles. The summed E-state index contributed by atoms with van der Waals surface area (Å²) in [6.07, 6.45) is -4.12. The van der Waals surface area contributed by atoms with Gasteiger partial charge in [0, 0.05) is 0 Å². The Kier molecular flexibility index (Phi) is 2.94. The Morgan fingerprint density at radius 3 is 2.75 bits per heavy atom. The van der Waals surface area contributed by atoms with E-state index in [2.05, 4.69) is 15.0 Å². The molecular weight excluding hydrogens is 272 g/mol. The number of H-pyrrole nitrogens is 2. The van der Waals surface area contributed by atoms with E-state index in [-0.39, 0.29) is 11.2 Å². The van der Waals surface area contributed by atoms with E-state index >= 15 is 0 Å². The van der Waals surface area contributed by atoms with Gasteiger partial charge in [-0.2, -0.15) is 0 Å². The van der Waals surface area contributed by atoms with E-state index in [9.17, 15) is 19.8 Å². The van der Waals surface area contributed by atoms with E-state index in [1.165, 1.54) is 6.33 Å². The van der Waals surface area contributed by atoms with Crippen molar-refractivity contribution < 1.29 is 20.1 Å². The second-order valence-corrected chi connectivity index (χ2v) is 4.46. The lowest BCUT2D eigenvalue weighted by Gasteiger charge is -2.16. The van der Waals surface area contributed by atoms with Gasteiger partial charge in [0.05, 0.1) is 12.9 Å². The molecule has 1 aliphatic heterocycles. The molecule has 4 atom stereocenters. The van der Waals surface area contributed by atoms with E-state index in [0.717, 1.165) is 0 Å². The van der Waals surface area contributed by atoms with Crippen LogP contribution in [0.5, 0.6) is 0 Å². The highest BCUT2D eigenvalue weighted by atomic mass is 16.6. The van der Waals surface area contributed by atoms with Gasteiger partial charge < -0.3 is 25.0 Å². The third-order valence-electron chi connectivity index (χ3n) is 3.29. The van der Waals surface area contributed by atoms with Crippen LogP contribution in [0.15, 0.2) is 15.9 Å². The first-order chi connectivity index (χ1) is 9.54. The molecule has 1 saturated heterocycles. The minimum Gasteiger partial charge on any atom is -0.394 e. The van der Waals surface area contributed by atoms with Crippen LogP contribution in [0.2, 0.25) is 0 Å². The Morgan fingerprint density at radius 2 is 2.10 bits per heavy atom. The van der Waals surface area contributed by atoms with Crippen molar-refractivity contribution in [3.8, 4) is 0 Å². The molecule has 1 unspecified atom stereocenters. The number of aromatic amines is 2. The van der Waals surface area contributed by atoms with Crippen LogP contribution in [0, 0.1) is 0 Å². The highest BCUT2D eigenvalue weighted by Gasteiger charge is 2.44. The lowest BCUT2D eigenvalue weighted by molar-refractivity contribution is -0.0562. The second-order valence-electron chi connectivity index (χ2n) is 4.46. The molecule has 2 aromatic heterocycles. The van der Waals surface area contributed by atoms with Crippen LogP contribution in [0.25, 0.3) is 11.2 Å². The fraction of sp³-hybridized carbons (Fsp3) is 0.500. The fourth-order valence-electron chi connectivity index (χ4n) is 2.25. The van der Waals surface area contributed by atoms with E-state index in [0.29, 0.717) is 4.57 Å². The van der Waals surface area contributed by atoms with Gasteiger partial charge in [0.25, 0.3) is 5.56 Å². The largest absolute Gasteiger partial charge is 0.394 e. The van der Waals surface area contributed by atoms with Crippen LogP contribution >= 0.6 is 0 Å². The number of fused-ring (bicyclic) bond motifs is 1. The predicted octanol–water partition coefficient (Wildman–Crippen LogP) is -2.98. The predicted molar refractivity (Wildman–Crippen MR) is 64.0 cm³/mol. The van der Waals surface area contributed by atoms with Gasteiger partial charge in [0.2, 0.25) is 0 Å². The van der Waals surface area contributed by atoms with Crippen LogP contribution in [0.3, 0.4) is 0 Å². The number of nitrogens with zero attached hydrogens (tertiary/aromatic N) is 2. The van der Waals surface area contributed by atoms with Gasteiger partial charge in [0.1, 0.15) is 23.8 Å². The van der Waals surface area contributed by atoms with Crippen LogP contribution in [0.1, 0.15) is 6.23 Å². The molecule has 0 saturated carbocycles. The molecule has 3 rings (SSSR count). The zero-order valence-corrected chi connectivity index (χ0v) is 10.1. The zero-order valence-electron chi connectivity index (χ0n) is 10.1. The van der Waals surface area contributed by atoms with Gasteiger partial charge in [-0.3, -0.25) is 9.78 Å². The van der Waals surface area contributed by atoms with E-state index < -0.39 is 42.4 Å². The summed E-state index contributed by atoms with van der Waals surface area (Å²) >= 11 is 0. The number of nitrogens with one attached hydrogen (secondary N) is 2. The maximum absolute atomic E-state index is 12.2. The van der Waals surface area contributed by atoms with Gasteiger partial charge in [-0.15, -0.1) is 0 Å². The van der Waals surface area contributed by atoms with Crippen molar-refractivity contribution >= 4 is 11.2 Å². The number of hydrogen-bond donors (Lipinski definition) is 5. The summed E-state index contributed by atoms with van der Waals surface area (Å²) in [4.78, 5) is 32.8. The topological polar surface area (TPSA) is 153 Å². The van der Waals surface area contributed by atoms with E-state index in [1.807, 2.05) is 0 Å². The second kappa shape index (κ2) is 4.52. The monoisotopic (exact) mass is 284 g/mol. The molecule has 0 aliphatic carbocycles. The third kappa shape index (κ3) is 1.70. The van der Waals surface area contributed by atoms with Crippen molar-refractivity contribution in [3.63, 3.8) is 0 Å². The van der Waals surface area contributed by atoms with Crippen LogP contribution in [-0.4, -0.2) is 59.8 Å².